The molecular formula is C42H46N4. The van der Waals surface area contributed by atoms with E-state index < -0.39 is 10.8 Å². The van der Waals surface area contributed by atoms with Gasteiger partial charge in [-0.15, -0.1) is 0 Å². The van der Waals surface area contributed by atoms with Crippen LogP contribution in [0.4, 0.5) is 22.7 Å². The fourth-order valence-electron chi connectivity index (χ4n) is 9.09. The van der Waals surface area contributed by atoms with Crippen LogP contribution in [0.15, 0.2) is 115 Å². The standard InChI is InChI=1S/C42H46N4/c1-25-23-26(2)39(27(3)24-25)40-28(4)41(31-7-15-35(43)16-8-31,32-9-17-36(44)18-10-32)30(6)42(29(40)5,33-11-19-37(45)20-12-33)34-13-21-38(46)22-14-34/h7-24,28,30H,43-46H2,1-6H3. The second-order valence-electron chi connectivity index (χ2n) is 13.4. The van der Waals surface area contributed by atoms with E-state index >= 15 is 0 Å². The van der Waals surface area contributed by atoms with Crippen molar-refractivity contribution < 1.29 is 0 Å². The zero-order chi connectivity index (χ0) is 33.0. The van der Waals surface area contributed by atoms with Crippen LogP contribution in [0.3, 0.4) is 0 Å². The van der Waals surface area contributed by atoms with Crippen LogP contribution in [0, 0.1) is 32.6 Å². The Labute approximate surface area is 274 Å². The number of allylic oxidation sites excluding steroid dienone is 2. The highest BCUT2D eigenvalue weighted by Gasteiger charge is 2.60. The lowest BCUT2D eigenvalue weighted by atomic mass is 9.43. The highest BCUT2D eigenvalue weighted by atomic mass is 14.6. The van der Waals surface area contributed by atoms with E-state index in [1.54, 1.807) is 0 Å². The number of rotatable bonds is 5. The molecule has 1 aliphatic carbocycles. The highest BCUT2D eigenvalue weighted by Crippen LogP contribution is 2.65. The Morgan fingerprint density at radius 2 is 0.804 bits per heavy atom. The first-order valence-corrected chi connectivity index (χ1v) is 16.2. The fourth-order valence-corrected chi connectivity index (χ4v) is 9.09. The maximum absolute atomic E-state index is 6.34. The summed E-state index contributed by atoms with van der Waals surface area (Å²) in [6.45, 7) is 13.9. The minimum absolute atomic E-state index is 0.0179. The van der Waals surface area contributed by atoms with Gasteiger partial charge in [-0.1, -0.05) is 85.6 Å². The molecule has 8 N–H and O–H groups in total. The molecule has 0 aliphatic heterocycles. The number of nitrogen functional groups attached to an aromatic ring is 4. The second-order valence-corrected chi connectivity index (χ2v) is 13.4. The van der Waals surface area contributed by atoms with Crippen LogP contribution in [0.2, 0.25) is 0 Å². The van der Waals surface area contributed by atoms with E-state index in [0.717, 1.165) is 22.7 Å². The van der Waals surface area contributed by atoms with E-state index in [1.165, 1.54) is 55.7 Å². The summed E-state index contributed by atoms with van der Waals surface area (Å²) in [6.07, 6.45) is 0. The van der Waals surface area contributed by atoms with Crippen LogP contribution in [0.1, 0.15) is 65.3 Å². The minimum Gasteiger partial charge on any atom is -0.399 e. The normalized spacial score (nSPS) is 18.8. The Balaban J connectivity index is 1.87. The minimum atomic E-state index is -0.560. The topological polar surface area (TPSA) is 104 Å². The van der Waals surface area contributed by atoms with Crippen molar-refractivity contribution in [3.8, 4) is 0 Å². The number of anilines is 4. The number of nitrogens with two attached hydrogens (primary N) is 4. The first-order valence-electron chi connectivity index (χ1n) is 16.2. The quantitative estimate of drug-likeness (QED) is 0.150. The van der Waals surface area contributed by atoms with Gasteiger partial charge in [-0.3, -0.25) is 0 Å². The molecule has 4 nitrogen and oxygen atoms in total. The van der Waals surface area contributed by atoms with E-state index in [0.29, 0.717) is 0 Å². The zero-order valence-electron chi connectivity index (χ0n) is 27.9. The maximum atomic E-state index is 6.34. The van der Waals surface area contributed by atoms with Crippen LogP contribution >= 0.6 is 0 Å². The van der Waals surface area contributed by atoms with Crippen molar-refractivity contribution in [1.82, 2.24) is 0 Å². The Kier molecular flexibility index (Phi) is 7.72. The molecule has 0 saturated carbocycles. The lowest BCUT2D eigenvalue weighted by Gasteiger charge is -2.59. The van der Waals surface area contributed by atoms with Gasteiger partial charge in [0.05, 0.1) is 0 Å². The fraction of sp³-hybridized carbons (Fsp3) is 0.238. The third kappa shape index (κ3) is 4.58. The van der Waals surface area contributed by atoms with Gasteiger partial charge in [0.2, 0.25) is 0 Å². The van der Waals surface area contributed by atoms with Gasteiger partial charge in [0.25, 0.3) is 0 Å². The molecule has 0 amide bonds. The maximum Gasteiger partial charge on any atom is 0.0451 e. The molecule has 4 heteroatoms. The summed E-state index contributed by atoms with van der Waals surface area (Å²) >= 11 is 0. The molecule has 2 unspecified atom stereocenters. The SMILES string of the molecule is CC1=C(c2c(C)cc(C)cc2C)C(C)C(c2ccc(N)cc2)(c2ccc(N)cc2)C(C)C1(c1ccc(N)cc1)c1ccc(N)cc1. The van der Waals surface area contributed by atoms with E-state index in [1.807, 2.05) is 48.5 Å². The van der Waals surface area contributed by atoms with Gasteiger partial charge in [-0.25, -0.2) is 0 Å². The largest absolute Gasteiger partial charge is 0.399 e. The van der Waals surface area contributed by atoms with Crippen molar-refractivity contribution in [3.63, 3.8) is 0 Å². The zero-order valence-corrected chi connectivity index (χ0v) is 27.9. The molecule has 5 aromatic carbocycles. The third-order valence-corrected chi connectivity index (χ3v) is 10.9. The summed E-state index contributed by atoms with van der Waals surface area (Å²) in [5, 5.41) is 0. The Morgan fingerprint density at radius 3 is 1.15 bits per heavy atom. The average Bonchev–Trinajstić information content (AvgIpc) is 3.02. The van der Waals surface area contributed by atoms with E-state index in [2.05, 4.69) is 102 Å². The van der Waals surface area contributed by atoms with Crippen LogP contribution in [0.25, 0.3) is 5.57 Å². The number of hydrogen-bond acceptors (Lipinski definition) is 4. The molecule has 2 atom stereocenters. The van der Waals surface area contributed by atoms with Crippen molar-refractivity contribution in [2.24, 2.45) is 11.8 Å². The van der Waals surface area contributed by atoms with Crippen LogP contribution in [-0.4, -0.2) is 0 Å². The molecule has 46 heavy (non-hydrogen) atoms. The Bertz CT molecular complexity index is 1800. The molecule has 0 radical (unpaired) electrons. The van der Waals surface area contributed by atoms with Gasteiger partial charge >= 0.3 is 0 Å². The third-order valence-electron chi connectivity index (χ3n) is 10.9. The Hall–Kier alpha value is -4.96. The molecule has 0 spiro atoms. The number of hydrogen-bond donors (Lipinski definition) is 4. The van der Waals surface area contributed by atoms with E-state index in [-0.39, 0.29) is 11.8 Å². The summed E-state index contributed by atoms with van der Waals surface area (Å²) in [5.41, 5.74) is 39.9. The van der Waals surface area contributed by atoms with Crippen LogP contribution < -0.4 is 22.9 Å². The Morgan fingerprint density at radius 1 is 0.478 bits per heavy atom. The summed E-state index contributed by atoms with van der Waals surface area (Å²) in [4.78, 5) is 0. The van der Waals surface area contributed by atoms with Crippen molar-refractivity contribution in [2.45, 2.75) is 52.4 Å². The molecule has 0 aromatic heterocycles. The van der Waals surface area contributed by atoms with Crippen LogP contribution in [0.5, 0.6) is 0 Å². The van der Waals surface area contributed by atoms with Gasteiger partial charge in [0.15, 0.2) is 0 Å². The summed E-state index contributed by atoms with van der Waals surface area (Å²) in [6, 6.07) is 38.7. The van der Waals surface area contributed by atoms with Gasteiger partial charge in [-0.2, -0.15) is 0 Å². The predicted molar refractivity (Wildman–Crippen MR) is 197 cm³/mol. The molecule has 234 valence electrons. The summed E-state index contributed by atoms with van der Waals surface area (Å²) in [7, 11) is 0. The highest BCUT2D eigenvalue weighted by molar-refractivity contribution is 5.82. The average molecular weight is 607 g/mol. The molecule has 0 heterocycles. The van der Waals surface area contributed by atoms with Crippen molar-refractivity contribution in [2.75, 3.05) is 22.9 Å². The smallest absolute Gasteiger partial charge is 0.0451 e. The van der Waals surface area contributed by atoms with Crippen molar-refractivity contribution >= 4 is 28.3 Å². The predicted octanol–water partition coefficient (Wildman–Crippen LogP) is 8.97. The molecule has 1 aliphatic rings. The first kappa shape index (κ1) is 31.0. The summed E-state index contributed by atoms with van der Waals surface area (Å²) < 4.78 is 0. The number of benzene rings is 5. The molecule has 5 aromatic rings. The van der Waals surface area contributed by atoms with Crippen molar-refractivity contribution in [3.05, 3.63) is 159 Å². The summed E-state index contributed by atoms with van der Waals surface area (Å²) in [5.74, 6) is 0.0925. The second kappa shape index (κ2) is 11.4. The molecule has 0 saturated heterocycles. The van der Waals surface area contributed by atoms with E-state index in [9.17, 15) is 0 Å². The van der Waals surface area contributed by atoms with E-state index in [4.69, 9.17) is 22.9 Å². The van der Waals surface area contributed by atoms with Gasteiger partial charge in [0, 0.05) is 33.6 Å². The van der Waals surface area contributed by atoms with Gasteiger partial charge in [0.1, 0.15) is 0 Å². The van der Waals surface area contributed by atoms with Gasteiger partial charge in [-0.05, 0) is 133 Å². The lowest BCUT2D eigenvalue weighted by Crippen LogP contribution is -2.56. The van der Waals surface area contributed by atoms with Gasteiger partial charge < -0.3 is 22.9 Å². The number of aryl methyl sites for hydroxylation is 3. The molecule has 0 fully saturated rings. The van der Waals surface area contributed by atoms with Crippen LogP contribution in [-0.2, 0) is 10.8 Å². The lowest BCUT2D eigenvalue weighted by molar-refractivity contribution is 0.196. The van der Waals surface area contributed by atoms with Crippen molar-refractivity contribution in [1.29, 1.82) is 0 Å². The molecular weight excluding hydrogens is 560 g/mol. The first-order chi connectivity index (χ1) is 21.9. The molecule has 0 bridgehead atoms. The molecule has 6 rings (SSSR count). The monoisotopic (exact) mass is 606 g/mol.